The minimum absolute atomic E-state index is 0.123. The minimum atomic E-state index is -0.205. The molecule has 1 aromatic carbocycles. The van der Waals surface area contributed by atoms with Crippen LogP contribution in [0.3, 0.4) is 0 Å². The van der Waals surface area contributed by atoms with Crippen LogP contribution in [-0.4, -0.2) is 31.1 Å². The number of rotatable bonds is 3. The average molecular weight is 360 g/mol. The molecular formula is C20H17FN6. The van der Waals surface area contributed by atoms with Crippen molar-refractivity contribution >= 4 is 11.5 Å². The summed E-state index contributed by atoms with van der Waals surface area (Å²) in [6.07, 6.45) is 8.79. The molecule has 1 atom stereocenters. The van der Waals surface area contributed by atoms with E-state index < -0.39 is 0 Å². The predicted octanol–water partition coefficient (Wildman–Crippen LogP) is 3.67. The van der Waals surface area contributed by atoms with Crippen molar-refractivity contribution in [2.24, 2.45) is 0 Å². The van der Waals surface area contributed by atoms with Crippen molar-refractivity contribution in [1.82, 2.24) is 24.6 Å². The zero-order valence-electron chi connectivity index (χ0n) is 14.5. The third kappa shape index (κ3) is 2.81. The van der Waals surface area contributed by atoms with Crippen molar-refractivity contribution in [2.45, 2.75) is 18.9 Å². The maximum atomic E-state index is 13.7. The van der Waals surface area contributed by atoms with Crippen LogP contribution in [-0.2, 0) is 0 Å². The molecule has 0 spiro atoms. The third-order valence-electron chi connectivity index (χ3n) is 4.99. The van der Waals surface area contributed by atoms with Crippen molar-refractivity contribution in [1.29, 1.82) is 0 Å². The lowest BCUT2D eigenvalue weighted by Gasteiger charge is -2.26. The summed E-state index contributed by atoms with van der Waals surface area (Å²) in [7, 11) is 0. The molecule has 1 aliphatic rings. The summed E-state index contributed by atoms with van der Waals surface area (Å²) >= 11 is 0. The molecule has 0 saturated carbocycles. The van der Waals surface area contributed by atoms with Gasteiger partial charge in [0.05, 0.1) is 17.9 Å². The van der Waals surface area contributed by atoms with Crippen LogP contribution < -0.4 is 4.90 Å². The molecule has 1 aliphatic heterocycles. The first kappa shape index (κ1) is 15.9. The van der Waals surface area contributed by atoms with Gasteiger partial charge in [0, 0.05) is 24.5 Å². The molecule has 4 aromatic rings. The summed E-state index contributed by atoms with van der Waals surface area (Å²) in [6, 6.07) is 10.9. The highest BCUT2D eigenvalue weighted by Gasteiger charge is 2.28. The Kier molecular flexibility index (Phi) is 3.78. The molecule has 0 aliphatic carbocycles. The largest absolute Gasteiger partial charge is 0.348 e. The van der Waals surface area contributed by atoms with Crippen molar-refractivity contribution in [2.75, 3.05) is 11.4 Å². The Morgan fingerprint density at radius 3 is 2.78 bits per heavy atom. The quantitative estimate of drug-likeness (QED) is 0.558. The van der Waals surface area contributed by atoms with Gasteiger partial charge in [-0.15, -0.1) is 5.10 Å². The van der Waals surface area contributed by atoms with Crippen LogP contribution in [0.4, 0.5) is 10.2 Å². The van der Waals surface area contributed by atoms with Gasteiger partial charge < -0.3 is 4.90 Å². The molecule has 0 radical (unpaired) electrons. The lowest BCUT2D eigenvalue weighted by Crippen LogP contribution is -2.24. The monoisotopic (exact) mass is 360 g/mol. The van der Waals surface area contributed by atoms with Crippen LogP contribution in [0.5, 0.6) is 0 Å². The summed E-state index contributed by atoms with van der Waals surface area (Å²) < 4.78 is 15.5. The van der Waals surface area contributed by atoms with E-state index in [1.165, 1.54) is 12.4 Å². The minimum Gasteiger partial charge on any atom is -0.348 e. The maximum absolute atomic E-state index is 13.7. The Morgan fingerprint density at radius 1 is 1.04 bits per heavy atom. The van der Waals surface area contributed by atoms with Gasteiger partial charge in [-0.1, -0.05) is 12.1 Å². The summed E-state index contributed by atoms with van der Waals surface area (Å²) in [5.74, 6) is 0.647. The van der Waals surface area contributed by atoms with Gasteiger partial charge in [-0.2, -0.15) is 0 Å². The topological polar surface area (TPSA) is 59.2 Å². The first-order valence-electron chi connectivity index (χ1n) is 8.92. The zero-order chi connectivity index (χ0) is 18.2. The summed E-state index contributed by atoms with van der Waals surface area (Å²) in [6.45, 7) is 0.887. The Bertz CT molecular complexity index is 1090. The van der Waals surface area contributed by atoms with Crippen molar-refractivity contribution in [3.8, 4) is 11.3 Å². The van der Waals surface area contributed by atoms with Gasteiger partial charge in [0.1, 0.15) is 18.0 Å². The molecule has 6 nitrogen and oxygen atoms in total. The van der Waals surface area contributed by atoms with E-state index in [9.17, 15) is 4.39 Å². The van der Waals surface area contributed by atoms with Crippen LogP contribution in [0, 0.1) is 5.82 Å². The Balaban J connectivity index is 1.56. The Labute approximate surface area is 155 Å². The van der Waals surface area contributed by atoms with Crippen LogP contribution in [0.15, 0.2) is 61.3 Å². The van der Waals surface area contributed by atoms with Gasteiger partial charge in [0.25, 0.3) is 0 Å². The molecule has 134 valence electrons. The van der Waals surface area contributed by atoms with Crippen molar-refractivity contribution < 1.29 is 4.39 Å². The number of fused-ring (bicyclic) bond motifs is 1. The van der Waals surface area contributed by atoms with E-state index in [1.807, 2.05) is 22.7 Å². The molecule has 3 aromatic heterocycles. The van der Waals surface area contributed by atoms with Crippen LogP contribution in [0.1, 0.15) is 24.4 Å². The van der Waals surface area contributed by atoms with Gasteiger partial charge in [0.15, 0.2) is 5.65 Å². The number of hydrogen-bond donors (Lipinski definition) is 0. The summed E-state index contributed by atoms with van der Waals surface area (Å²) in [4.78, 5) is 14.8. The molecule has 1 saturated heterocycles. The standard InChI is InChI=1S/C20H17FN6/c21-16-4-1-3-14(9-16)17-5-2-8-26(17)20-7-6-19-24-12-18(27(19)25-20)15-10-22-13-23-11-15/h1,3-4,6-7,9-13,17H,2,5,8H2. The highest BCUT2D eigenvalue weighted by atomic mass is 19.1. The van der Waals surface area contributed by atoms with E-state index in [1.54, 1.807) is 30.7 Å². The van der Waals surface area contributed by atoms with Gasteiger partial charge in [-0.05, 0) is 42.7 Å². The van der Waals surface area contributed by atoms with Crippen LogP contribution >= 0.6 is 0 Å². The van der Waals surface area contributed by atoms with E-state index in [0.29, 0.717) is 0 Å². The number of aromatic nitrogens is 5. The molecule has 0 amide bonds. The second kappa shape index (κ2) is 6.42. The number of hydrogen-bond acceptors (Lipinski definition) is 5. The molecule has 27 heavy (non-hydrogen) atoms. The van der Waals surface area contributed by atoms with Gasteiger partial charge >= 0.3 is 0 Å². The Hall–Kier alpha value is -3.35. The molecule has 1 fully saturated rings. The number of halogens is 1. The van der Waals surface area contributed by atoms with E-state index in [0.717, 1.165) is 47.7 Å². The van der Waals surface area contributed by atoms with Gasteiger partial charge in [0.2, 0.25) is 0 Å². The highest BCUT2D eigenvalue weighted by Crippen LogP contribution is 2.35. The Morgan fingerprint density at radius 2 is 1.93 bits per heavy atom. The zero-order valence-corrected chi connectivity index (χ0v) is 14.5. The first-order valence-corrected chi connectivity index (χ1v) is 8.92. The van der Waals surface area contributed by atoms with E-state index in [2.05, 4.69) is 19.9 Å². The van der Waals surface area contributed by atoms with E-state index in [4.69, 9.17) is 5.10 Å². The van der Waals surface area contributed by atoms with Gasteiger partial charge in [-0.25, -0.2) is 23.9 Å². The van der Waals surface area contributed by atoms with E-state index >= 15 is 0 Å². The number of anilines is 1. The maximum Gasteiger partial charge on any atom is 0.154 e. The molecule has 7 heteroatoms. The lowest BCUT2D eigenvalue weighted by molar-refractivity contribution is 0.617. The fraction of sp³-hybridized carbons (Fsp3) is 0.200. The van der Waals surface area contributed by atoms with Crippen LogP contribution in [0.2, 0.25) is 0 Å². The SMILES string of the molecule is Fc1cccc(C2CCCN2c2ccc3ncc(-c4cncnc4)n3n2)c1. The predicted molar refractivity (Wildman–Crippen MR) is 99.7 cm³/mol. The van der Waals surface area contributed by atoms with Crippen molar-refractivity contribution in [3.63, 3.8) is 0 Å². The summed E-state index contributed by atoms with van der Waals surface area (Å²) in [5, 5.41) is 4.82. The number of benzene rings is 1. The molecule has 0 N–H and O–H groups in total. The normalized spacial score (nSPS) is 16.9. The van der Waals surface area contributed by atoms with E-state index in [-0.39, 0.29) is 11.9 Å². The second-order valence-electron chi connectivity index (χ2n) is 6.64. The molecular weight excluding hydrogens is 343 g/mol. The number of imidazole rings is 1. The average Bonchev–Trinajstić information content (AvgIpc) is 3.35. The first-order chi connectivity index (χ1) is 13.3. The summed E-state index contributed by atoms with van der Waals surface area (Å²) in [5.41, 5.74) is 3.45. The third-order valence-corrected chi connectivity index (χ3v) is 4.99. The van der Waals surface area contributed by atoms with Crippen LogP contribution in [0.25, 0.3) is 16.9 Å². The number of nitrogens with zero attached hydrogens (tertiary/aromatic N) is 6. The highest BCUT2D eigenvalue weighted by molar-refractivity contribution is 5.62. The molecule has 5 rings (SSSR count). The fourth-order valence-corrected chi connectivity index (χ4v) is 3.75. The smallest absolute Gasteiger partial charge is 0.154 e. The lowest BCUT2D eigenvalue weighted by atomic mass is 10.0. The van der Waals surface area contributed by atoms with Gasteiger partial charge in [-0.3, -0.25) is 0 Å². The molecule has 0 bridgehead atoms. The van der Waals surface area contributed by atoms with Crippen molar-refractivity contribution in [3.05, 3.63) is 72.7 Å². The second-order valence-corrected chi connectivity index (χ2v) is 6.64. The fourth-order valence-electron chi connectivity index (χ4n) is 3.75. The molecule has 4 heterocycles. The molecule has 1 unspecified atom stereocenters.